The lowest BCUT2D eigenvalue weighted by Crippen LogP contribution is -2.21. The SMILES string of the molecule is CCCNCc1cc(C)c(C)c(S(=O)(=O)NC)c1. The van der Waals surface area contributed by atoms with Crippen molar-refractivity contribution in [3.63, 3.8) is 0 Å². The molecule has 1 aromatic rings. The Bertz CT molecular complexity index is 510. The fourth-order valence-electron chi connectivity index (χ4n) is 1.80. The van der Waals surface area contributed by atoms with Crippen LogP contribution in [0, 0.1) is 13.8 Å². The quantitative estimate of drug-likeness (QED) is 0.774. The summed E-state index contributed by atoms with van der Waals surface area (Å²) < 4.78 is 26.2. The summed E-state index contributed by atoms with van der Waals surface area (Å²) in [7, 11) is -1.95. The minimum Gasteiger partial charge on any atom is -0.313 e. The third kappa shape index (κ3) is 3.54. The molecule has 0 radical (unpaired) electrons. The highest BCUT2D eigenvalue weighted by Gasteiger charge is 2.16. The van der Waals surface area contributed by atoms with Crippen LogP contribution in [0.2, 0.25) is 0 Å². The Morgan fingerprint density at radius 3 is 2.44 bits per heavy atom. The molecule has 0 aliphatic carbocycles. The van der Waals surface area contributed by atoms with Gasteiger partial charge in [-0.3, -0.25) is 0 Å². The van der Waals surface area contributed by atoms with Gasteiger partial charge in [-0.1, -0.05) is 13.0 Å². The first-order valence-corrected chi connectivity index (χ1v) is 7.65. The zero-order chi connectivity index (χ0) is 13.8. The summed E-state index contributed by atoms with van der Waals surface area (Å²) in [6, 6.07) is 3.78. The van der Waals surface area contributed by atoms with E-state index >= 15 is 0 Å². The maximum Gasteiger partial charge on any atom is 0.240 e. The number of sulfonamides is 1. The van der Waals surface area contributed by atoms with Crippen LogP contribution in [0.5, 0.6) is 0 Å². The van der Waals surface area contributed by atoms with Crippen LogP contribution in [-0.2, 0) is 16.6 Å². The van der Waals surface area contributed by atoms with E-state index in [2.05, 4.69) is 17.0 Å². The number of hydrogen-bond acceptors (Lipinski definition) is 3. The van der Waals surface area contributed by atoms with Crippen LogP contribution in [0.25, 0.3) is 0 Å². The van der Waals surface area contributed by atoms with Crippen LogP contribution < -0.4 is 10.0 Å². The van der Waals surface area contributed by atoms with Crippen molar-refractivity contribution in [2.75, 3.05) is 13.6 Å². The van der Waals surface area contributed by atoms with E-state index in [-0.39, 0.29) is 0 Å². The molecule has 0 unspecified atom stereocenters. The van der Waals surface area contributed by atoms with Gasteiger partial charge in [-0.05, 0) is 56.6 Å². The summed E-state index contributed by atoms with van der Waals surface area (Å²) >= 11 is 0. The molecule has 0 bridgehead atoms. The molecule has 0 aromatic heterocycles. The Kier molecular flexibility index (Phi) is 5.31. The maximum absolute atomic E-state index is 11.9. The van der Waals surface area contributed by atoms with Gasteiger partial charge >= 0.3 is 0 Å². The number of benzene rings is 1. The molecule has 0 atom stereocenters. The highest BCUT2D eigenvalue weighted by atomic mass is 32.2. The monoisotopic (exact) mass is 270 g/mol. The smallest absolute Gasteiger partial charge is 0.240 e. The predicted molar refractivity (Wildman–Crippen MR) is 74.2 cm³/mol. The van der Waals surface area contributed by atoms with Crippen molar-refractivity contribution >= 4 is 10.0 Å². The van der Waals surface area contributed by atoms with Gasteiger partial charge in [0.2, 0.25) is 10.0 Å². The van der Waals surface area contributed by atoms with E-state index in [1.165, 1.54) is 7.05 Å². The largest absolute Gasteiger partial charge is 0.313 e. The minimum atomic E-state index is -3.38. The van der Waals surface area contributed by atoms with Gasteiger partial charge in [0.05, 0.1) is 4.90 Å². The standard InChI is InChI=1S/C13H22N2O2S/c1-5-6-15-9-12-7-10(2)11(3)13(8-12)18(16,17)14-4/h7-8,14-15H,5-6,9H2,1-4H3. The summed E-state index contributed by atoms with van der Waals surface area (Å²) in [5.41, 5.74) is 2.81. The zero-order valence-electron chi connectivity index (χ0n) is 11.5. The third-order valence-corrected chi connectivity index (χ3v) is 4.53. The van der Waals surface area contributed by atoms with E-state index in [4.69, 9.17) is 0 Å². The average Bonchev–Trinajstić information content (AvgIpc) is 2.33. The van der Waals surface area contributed by atoms with Gasteiger partial charge in [0.1, 0.15) is 0 Å². The molecule has 2 N–H and O–H groups in total. The molecule has 0 aliphatic heterocycles. The van der Waals surface area contributed by atoms with Crippen molar-refractivity contribution in [3.05, 3.63) is 28.8 Å². The van der Waals surface area contributed by atoms with Gasteiger partial charge in [0.25, 0.3) is 0 Å². The van der Waals surface area contributed by atoms with Crippen molar-refractivity contribution in [2.45, 2.75) is 38.6 Å². The molecule has 5 heteroatoms. The average molecular weight is 270 g/mol. The van der Waals surface area contributed by atoms with Crippen LogP contribution in [0.1, 0.15) is 30.0 Å². The topological polar surface area (TPSA) is 58.2 Å². The molecule has 1 aromatic carbocycles. The fraction of sp³-hybridized carbons (Fsp3) is 0.538. The molecule has 0 spiro atoms. The van der Waals surface area contributed by atoms with Gasteiger partial charge in [-0.15, -0.1) is 0 Å². The van der Waals surface area contributed by atoms with Crippen LogP contribution in [0.3, 0.4) is 0 Å². The van der Waals surface area contributed by atoms with E-state index in [0.717, 1.165) is 29.7 Å². The number of hydrogen-bond donors (Lipinski definition) is 2. The molecule has 0 amide bonds. The molecular weight excluding hydrogens is 248 g/mol. The lowest BCUT2D eigenvalue weighted by atomic mass is 10.1. The highest BCUT2D eigenvalue weighted by molar-refractivity contribution is 7.89. The van der Waals surface area contributed by atoms with Crippen molar-refractivity contribution in [1.82, 2.24) is 10.0 Å². The minimum absolute atomic E-state index is 0.373. The fourth-order valence-corrected chi connectivity index (χ4v) is 2.89. The second kappa shape index (κ2) is 6.31. The molecule has 0 heterocycles. The van der Waals surface area contributed by atoms with Crippen molar-refractivity contribution in [1.29, 1.82) is 0 Å². The summed E-state index contributed by atoms with van der Waals surface area (Å²) in [6.45, 7) is 7.50. The molecule has 4 nitrogen and oxygen atoms in total. The van der Waals surface area contributed by atoms with Gasteiger partial charge in [0.15, 0.2) is 0 Å². The van der Waals surface area contributed by atoms with Crippen LogP contribution in [0.4, 0.5) is 0 Å². The lowest BCUT2D eigenvalue weighted by molar-refractivity contribution is 0.587. The number of rotatable bonds is 6. The van der Waals surface area contributed by atoms with Gasteiger partial charge in [0, 0.05) is 6.54 Å². The van der Waals surface area contributed by atoms with Gasteiger partial charge in [-0.25, -0.2) is 13.1 Å². The first kappa shape index (κ1) is 15.1. The maximum atomic E-state index is 11.9. The Labute approximate surface area is 110 Å². The Balaban J connectivity index is 3.11. The second-order valence-corrected chi connectivity index (χ2v) is 6.28. The van der Waals surface area contributed by atoms with Crippen molar-refractivity contribution in [3.8, 4) is 0 Å². The Morgan fingerprint density at radius 2 is 1.89 bits per heavy atom. The number of aryl methyl sites for hydroxylation is 1. The normalized spacial score (nSPS) is 11.8. The first-order valence-electron chi connectivity index (χ1n) is 6.16. The molecule has 0 aliphatic rings. The van der Waals surface area contributed by atoms with Crippen molar-refractivity contribution < 1.29 is 8.42 Å². The summed E-state index contributed by atoms with van der Waals surface area (Å²) in [4.78, 5) is 0.373. The molecule has 0 saturated heterocycles. The second-order valence-electron chi connectivity index (χ2n) is 4.42. The summed E-state index contributed by atoms with van der Waals surface area (Å²) in [5, 5.41) is 3.28. The molecular formula is C13H22N2O2S. The Morgan fingerprint density at radius 1 is 1.22 bits per heavy atom. The van der Waals surface area contributed by atoms with Gasteiger partial charge in [-0.2, -0.15) is 0 Å². The number of nitrogens with one attached hydrogen (secondary N) is 2. The molecule has 1 rings (SSSR count). The molecule has 102 valence electrons. The summed E-state index contributed by atoms with van der Waals surface area (Å²) in [6.07, 6.45) is 1.06. The first-order chi connectivity index (χ1) is 8.42. The Hall–Kier alpha value is -0.910. The third-order valence-electron chi connectivity index (χ3n) is 2.99. The van der Waals surface area contributed by atoms with Crippen molar-refractivity contribution in [2.24, 2.45) is 0 Å². The lowest BCUT2D eigenvalue weighted by Gasteiger charge is -2.12. The van der Waals surface area contributed by atoms with Crippen LogP contribution in [-0.4, -0.2) is 22.0 Å². The zero-order valence-corrected chi connectivity index (χ0v) is 12.3. The van der Waals surface area contributed by atoms with Crippen LogP contribution in [0.15, 0.2) is 17.0 Å². The molecule has 0 fully saturated rings. The van der Waals surface area contributed by atoms with E-state index in [9.17, 15) is 8.42 Å². The highest BCUT2D eigenvalue weighted by Crippen LogP contribution is 2.20. The summed E-state index contributed by atoms with van der Waals surface area (Å²) in [5.74, 6) is 0. The molecule has 18 heavy (non-hydrogen) atoms. The predicted octanol–water partition coefficient (Wildman–Crippen LogP) is 1.71. The van der Waals surface area contributed by atoms with E-state index < -0.39 is 10.0 Å². The molecule has 0 saturated carbocycles. The van der Waals surface area contributed by atoms with E-state index in [0.29, 0.717) is 11.4 Å². The van der Waals surface area contributed by atoms with E-state index in [1.54, 1.807) is 6.07 Å². The van der Waals surface area contributed by atoms with Gasteiger partial charge < -0.3 is 5.32 Å². The van der Waals surface area contributed by atoms with Crippen LogP contribution >= 0.6 is 0 Å². The van der Waals surface area contributed by atoms with E-state index in [1.807, 2.05) is 19.9 Å².